The number of hydrogen-bond donors (Lipinski definition) is 1. The minimum absolute atomic E-state index is 0.377. The molecule has 1 saturated heterocycles. The standard InChI is InChI=1S/C15H24N2O2S/c1-12(2)17-9-7-13(8-10-17)16-14-5-4-6-15(11-14)20(3,18)19/h4-6,11-13,16H,7-10H2,1-3H3. The number of anilines is 1. The molecule has 112 valence electrons. The fourth-order valence-corrected chi connectivity index (χ4v) is 3.28. The van der Waals surface area contributed by atoms with Crippen LogP contribution in [-0.4, -0.2) is 44.7 Å². The number of rotatable bonds is 4. The molecular weight excluding hydrogens is 272 g/mol. The Balaban J connectivity index is 1.98. The Morgan fingerprint density at radius 2 is 1.90 bits per heavy atom. The number of likely N-dealkylation sites (tertiary alicyclic amines) is 1. The molecule has 0 unspecified atom stereocenters. The average molecular weight is 296 g/mol. The minimum Gasteiger partial charge on any atom is -0.382 e. The van der Waals surface area contributed by atoms with E-state index in [1.165, 1.54) is 6.26 Å². The number of hydrogen-bond acceptors (Lipinski definition) is 4. The lowest BCUT2D eigenvalue weighted by Gasteiger charge is -2.35. The molecule has 1 heterocycles. The van der Waals surface area contributed by atoms with Crippen LogP contribution in [0.2, 0.25) is 0 Å². The Hall–Kier alpha value is -1.07. The van der Waals surface area contributed by atoms with Crippen LogP contribution in [0.15, 0.2) is 29.2 Å². The molecule has 0 radical (unpaired) electrons. The van der Waals surface area contributed by atoms with Gasteiger partial charge in [-0.3, -0.25) is 0 Å². The van der Waals surface area contributed by atoms with Crippen LogP contribution in [0.3, 0.4) is 0 Å². The van der Waals surface area contributed by atoms with E-state index in [4.69, 9.17) is 0 Å². The molecular formula is C15H24N2O2S. The van der Waals surface area contributed by atoms with Crippen molar-refractivity contribution in [3.8, 4) is 0 Å². The zero-order valence-electron chi connectivity index (χ0n) is 12.5. The Labute approximate surface area is 122 Å². The van der Waals surface area contributed by atoms with Crippen molar-refractivity contribution < 1.29 is 8.42 Å². The van der Waals surface area contributed by atoms with E-state index in [-0.39, 0.29) is 0 Å². The zero-order valence-corrected chi connectivity index (χ0v) is 13.3. The summed E-state index contributed by atoms with van der Waals surface area (Å²) in [6.45, 7) is 6.65. The molecule has 4 nitrogen and oxygen atoms in total. The van der Waals surface area contributed by atoms with Crippen molar-refractivity contribution in [1.29, 1.82) is 0 Å². The Bertz CT molecular complexity index is 547. The van der Waals surface area contributed by atoms with Gasteiger partial charge in [-0.15, -0.1) is 0 Å². The molecule has 0 amide bonds. The molecule has 5 heteroatoms. The summed E-state index contributed by atoms with van der Waals surface area (Å²) in [6.07, 6.45) is 3.44. The van der Waals surface area contributed by atoms with Gasteiger partial charge in [0, 0.05) is 37.1 Å². The van der Waals surface area contributed by atoms with E-state index in [9.17, 15) is 8.42 Å². The van der Waals surface area contributed by atoms with Gasteiger partial charge in [-0.05, 0) is 44.9 Å². The van der Waals surface area contributed by atoms with Crippen molar-refractivity contribution in [1.82, 2.24) is 4.90 Å². The van der Waals surface area contributed by atoms with Gasteiger partial charge in [0.2, 0.25) is 0 Å². The van der Waals surface area contributed by atoms with Gasteiger partial charge in [0.15, 0.2) is 9.84 Å². The van der Waals surface area contributed by atoms with E-state index in [1.54, 1.807) is 18.2 Å². The third kappa shape index (κ3) is 3.96. The molecule has 0 aromatic heterocycles. The highest BCUT2D eigenvalue weighted by Gasteiger charge is 2.20. The molecule has 0 aliphatic carbocycles. The van der Waals surface area contributed by atoms with Gasteiger partial charge in [0.05, 0.1) is 4.90 Å². The van der Waals surface area contributed by atoms with Crippen molar-refractivity contribution >= 4 is 15.5 Å². The Kier molecular flexibility index (Phi) is 4.70. The summed E-state index contributed by atoms with van der Waals surface area (Å²) in [5.74, 6) is 0. The number of piperidine rings is 1. The molecule has 1 N–H and O–H groups in total. The molecule has 0 saturated carbocycles. The van der Waals surface area contributed by atoms with E-state index >= 15 is 0 Å². The highest BCUT2D eigenvalue weighted by Crippen LogP contribution is 2.20. The highest BCUT2D eigenvalue weighted by molar-refractivity contribution is 7.90. The summed E-state index contributed by atoms with van der Waals surface area (Å²) < 4.78 is 23.1. The summed E-state index contributed by atoms with van der Waals surface area (Å²) in [4.78, 5) is 2.85. The van der Waals surface area contributed by atoms with Crippen molar-refractivity contribution in [3.63, 3.8) is 0 Å². The van der Waals surface area contributed by atoms with Crippen molar-refractivity contribution in [2.75, 3.05) is 24.7 Å². The SMILES string of the molecule is CC(C)N1CCC(Nc2cccc(S(C)(=O)=O)c2)CC1. The summed E-state index contributed by atoms with van der Waals surface area (Å²) in [7, 11) is -3.13. The lowest BCUT2D eigenvalue weighted by atomic mass is 10.0. The molecule has 1 aromatic carbocycles. The van der Waals surface area contributed by atoms with Gasteiger partial charge in [0.1, 0.15) is 0 Å². The molecule has 1 fully saturated rings. The summed E-state index contributed by atoms with van der Waals surface area (Å²) >= 11 is 0. The fraction of sp³-hybridized carbons (Fsp3) is 0.600. The topological polar surface area (TPSA) is 49.4 Å². The number of nitrogens with one attached hydrogen (secondary N) is 1. The van der Waals surface area contributed by atoms with Gasteiger partial charge in [-0.2, -0.15) is 0 Å². The molecule has 2 rings (SSSR count). The quantitative estimate of drug-likeness (QED) is 0.927. The third-order valence-corrected chi connectivity index (χ3v) is 5.00. The van der Waals surface area contributed by atoms with Crippen LogP contribution in [0.25, 0.3) is 0 Å². The molecule has 1 aromatic rings. The van der Waals surface area contributed by atoms with Gasteiger partial charge in [-0.25, -0.2) is 8.42 Å². The van der Waals surface area contributed by atoms with Crippen molar-refractivity contribution in [2.24, 2.45) is 0 Å². The van der Waals surface area contributed by atoms with E-state index in [1.807, 2.05) is 6.07 Å². The fourth-order valence-electron chi connectivity index (χ4n) is 2.61. The first kappa shape index (κ1) is 15.3. The van der Waals surface area contributed by atoms with E-state index in [2.05, 4.69) is 24.1 Å². The molecule has 1 aliphatic rings. The molecule has 20 heavy (non-hydrogen) atoms. The molecule has 1 aliphatic heterocycles. The highest BCUT2D eigenvalue weighted by atomic mass is 32.2. The first-order valence-electron chi connectivity index (χ1n) is 7.17. The van der Waals surface area contributed by atoms with Crippen LogP contribution >= 0.6 is 0 Å². The van der Waals surface area contributed by atoms with E-state index < -0.39 is 9.84 Å². The van der Waals surface area contributed by atoms with Gasteiger partial charge in [-0.1, -0.05) is 6.07 Å². The summed E-state index contributed by atoms with van der Waals surface area (Å²) in [6, 6.07) is 8.13. The smallest absolute Gasteiger partial charge is 0.175 e. The van der Waals surface area contributed by atoms with Crippen LogP contribution in [0.1, 0.15) is 26.7 Å². The van der Waals surface area contributed by atoms with Gasteiger partial charge >= 0.3 is 0 Å². The minimum atomic E-state index is -3.13. The lowest BCUT2D eigenvalue weighted by Crippen LogP contribution is -2.42. The van der Waals surface area contributed by atoms with E-state index in [0.29, 0.717) is 17.0 Å². The maximum atomic E-state index is 11.6. The van der Waals surface area contributed by atoms with Crippen LogP contribution in [-0.2, 0) is 9.84 Å². The molecule has 0 bridgehead atoms. The third-order valence-electron chi connectivity index (χ3n) is 3.89. The number of nitrogens with zero attached hydrogens (tertiary/aromatic N) is 1. The van der Waals surface area contributed by atoms with Crippen LogP contribution in [0.4, 0.5) is 5.69 Å². The van der Waals surface area contributed by atoms with E-state index in [0.717, 1.165) is 31.6 Å². The van der Waals surface area contributed by atoms with Crippen molar-refractivity contribution in [2.45, 2.75) is 43.7 Å². The first-order valence-corrected chi connectivity index (χ1v) is 9.06. The Morgan fingerprint density at radius 3 is 2.45 bits per heavy atom. The predicted molar refractivity (Wildman–Crippen MR) is 82.9 cm³/mol. The maximum absolute atomic E-state index is 11.6. The summed E-state index contributed by atoms with van der Waals surface area (Å²) in [5.41, 5.74) is 0.899. The van der Waals surface area contributed by atoms with Crippen molar-refractivity contribution in [3.05, 3.63) is 24.3 Å². The largest absolute Gasteiger partial charge is 0.382 e. The molecule has 0 spiro atoms. The van der Waals surface area contributed by atoms with Crippen LogP contribution in [0.5, 0.6) is 0 Å². The zero-order chi connectivity index (χ0) is 14.8. The molecule has 0 atom stereocenters. The Morgan fingerprint density at radius 1 is 1.25 bits per heavy atom. The second kappa shape index (κ2) is 6.14. The van der Waals surface area contributed by atoms with Crippen LogP contribution < -0.4 is 5.32 Å². The number of sulfone groups is 1. The van der Waals surface area contributed by atoms with Crippen LogP contribution in [0, 0.1) is 0 Å². The normalized spacial score (nSPS) is 18.4. The monoisotopic (exact) mass is 296 g/mol. The number of benzene rings is 1. The lowest BCUT2D eigenvalue weighted by molar-refractivity contribution is 0.177. The van der Waals surface area contributed by atoms with Gasteiger partial charge < -0.3 is 10.2 Å². The van der Waals surface area contributed by atoms with Gasteiger partial charge in [0.25, 0.3) is 0 Å². The average Bonchev–Trinajstić information content (AvgIpc) is 2.38. The maximum Gasteiger partial charge on any atom is 0.175 e. The second-order valence-corrected chi connectivity index (χ2v) is 7.86. The summed E-state index contributed by atoms with van der Waals surface area (Å²) in [5, 5.41) is 3.46. The first-order chi connectivity index (χ1) is 9.36. The second-order valence-electron chi connectivity index (χ2n) is 5.85. The predicted octanol–water partition coefficient (Wildman–Crippen LogP) is 2.37.